The molecular formula is C21H19ClN4O. The van der Waals surface area contributed by atoms with Crippen LogP contribution in [-0.4, -0.2) is 20.9 Å². The van der Waals surface area contributed by atoms with Gasteiger partial charge in [-0.05, 0) is 51.0 Å². The highest BCUT2D eigenvalue weighted by Gasteiger charge is 2.25. The van der Waals surface area contributed by atoms with E-state index in [-0.39, 0.29) is 5.91 Å². The van der Waals surface area contributed by atoms with Crippen LogP contribution >= 0.6 is 11.6 Å². The average molecular weight is 379 g/mol. The number of nitrogens with zero attached hydrogens (tertiary/aromatic N) is 3. The lowest BCUT2D eigenvalue weighted by Gasteiger charge is -2.11. The molecule has 0 radical (unpaired) electrons. The van der Waals surface area contributed by atoms with Crippen LogP contribution in [0.2, 0.25) is 5.02 Å². The summed E-state index contributed by atoms with van der Waals surface area (Å²) in [5.41, 5.74) is 5.60. The van der Waals surface area contributed by atoms with E-state index in [4.69, 9.17) is 11.6 Å². The Balaban J connectivity index is 1.60. The number of hydrogen-bond acceptors (Lipinski definition) is 4. The van der Waals surface area contributed by atoms with Gasteiger partial charge in [-0.15, -0.1) is 0 Å². The lowest BCUT2D eigenvalue weighted by Crippen LogP contribution is -2.13. The molecule has 1 aliphatic carbocycles. The van der Waals surface area contributed by atoms with Crippen LogP contribution in [0.1, 0.15) is 46.2 Å². The highest BCUT2D eigenvalue weighted by atomic mass is 35.5. The van der Waals surface area contributed by atoms with Gasteiger partial charge in [-0.1, -0.05) is 11.6 Å². The topological polar surface area (TPSA) is 67.8 Å². The van der Waals surface area contributed by atoms with Crippen molar-refractivity contribution in [2.75, 3.05) is 5.32 Å². The molecule has 1 amide bonds. The van der Waals surface area contributed by atoms with Gasteiger partial charge in [-0.25, -0.2) is 0 Å². The first-order valence-electron chi connectivity index (χ1n) is 8.88. The number of pyridine rings is 3. The quantitative estimate of drug-likeness (QED) is 0.698. The van der Waals surface area contributed by atoms with Gasteiger partial charge in [0.2, 0.25) is 0 Å². The third kappa shape index (κ3) is 3.83. The Morgan fingerprint density at radius 3 is 2.59 bits per heavy atom. The van der Waals surface area contributed by atoms with Crippen LogP contribution in [0.25, 0.3) is 11.1 Å². The number of carbonyl (C=O) groups is 1. The molecule has 0 spiro atoms. The molecule has 0 aromatic carbocycles. The molecule has 136 valence electrons. The lowest BCUT2D eigenvalue weighted by atomic mass is 10.1. The number of aromatic nitrogens is 3. The SMILES string of the molecule is Cc1ncc(-c2cc(NC(=O)c3ccnc(C4CC4)c3)cnc2C)cc1Cl. The standard InChI is InChI=1S/C21H19ClN4O/c1-12-18(16-7-19(22)13(2)24-10-16)9-17(11-25-12)26-21(27)15-5-6-23-20(8-15)14-3-4-14/h5-11,14H,3-4H2,1-2H3,(H,26,27). The van der Waals surface area contributed by atoms with Crippen molar-refractivity contribution >= 4 is 23.2 Å². The maximum absolute atomic E-state index is 12.6. The molecule has 1 N–H and O–H groups in total. The van der Waals surface area contributed by atoms with Gasteiger partial charge in [-0.3, -0.25) is 19.7 Å². The number of rotatable bonds is 4. The highest BCUT2D eigenvalue weighted by molar-refractivity contribution is 6.31. The third-order valence-electron chi connectivity index (χ3n) is 4.72. The maximum atomic E-state index is 12.6. The summed E-state index contributed by atoms with van der Waals surface area (Å²) in [6, 6.07) is 7.36. The van der Waals surface area contributed by atoms with Crippen molar-refractivity contribution in [2.45, 2.75) is 32.6 Å². The Kier molecular flexibility index (Phi) is 4.62. The zero-order valence-electron chi connectivity index (χ0n) is 15.2. The molecule has 0 aliphatic heterocycles. The van der Waals surface area contributed by atoms with Crippen LogP contribution in [0, 0.1) is 13.8 Å². The number of carbonyl (C=O) groups excluding carboxylic acids is 1. The maximum Gasteiger partial charge on any atom is 0.255 e. The van der Waals surface area contributed by atoms with Crippen molar-refractivity contribution in [3.05, 3.63) is 70.5 Å². The monoisotopic (exact) mass is 378 g/mol. The fourth-order valence-electron chi connectivity index (χ4n) is 2.94. The average Bonchev–Trinajstić information content (AvgIpc) is 3.51. The van der Waals surface area contributed by atoms with E-state index >= 15 is 0 Å². The molecule has 3 heterocycles. The molecule has 1 aliphatic rings. The molecule has 1 saturated carbocycles. The van der Waals surface area contributed by atoms with E-state index in [2.05, 4.69) is 20.3 Å². The molecule has 0 atom stereocenters. The van der Waals surface area contributed by atoms with E-state index in [1.165, 1.54) is 0 Å². The largest absolute Gasteiger partial charge is 0.321 e. The van der Waals surface area contributed by atoms with Crippen LogP contribution < -0.4 is 5.32 Å². The predicted octanol–water partition coefficient (Wildman–Crippen LogP) is 4.94. The van der Waals surface area contributed by atoms with Crippen molar-refractivity contribution in [2.24, 2.45) is 0 Å². The summed E-state index contributed by atoms with van der Waals surface area (Å²) in [5.74, 6) is 0.333. The molecular weight excluding hydrogens is 360 g/mol. The zero-order valence-corrected chi connectivity index (χ0v) is 15.9. The summed E-state index contributed by atoms with van der Waals surface area (Å²) in [6.07, 6.45) is 7.42. The highest BCUT2D eigenvalue weighted by Crippen LogP contribution is 2.39. The van der Waals surface area contributed by atoms with Gasteiger partial charge >= 0.3 is 0 Å². The zero-order chi connectivity index (χ0) is 19.0. The molecule has 3 aromatic heterocycles. The van der Waals surface area contributed by atoms with Gasteiger partial charge in [0.05, 0.1) is 22.6 Å². The molecule has 27 heavy (non-hydrogen) atoms. The normalized spacial score (nSPS) is 13.4. The second kappa shape index (κ2) is 7.08. The first-order valence-corrected chi connectivity index (χ1v) is 9.25. The summed E-state index contributed by atoms with van der Waals surface area (Å²) in [6.45, 7) is 3.78. The van der Waals surface area contributed by atoms with Crippen LogP contribution in [0.5, 0.6) is 0 Å². The number of hydrogen-bond donors (Lipinski definition) is 1. The van der Waals surface area contributed by atoms with E-state index in [1.807, 2.05) is 32.0 Å². The first-order chi connectivity index (χ1) is 13.0. The van der Waals surface area contributed by atoms with E-state index in [1.54, 1.807) is 24.7 Å². The van der Waals surface area contributed by atoms with Crippen LogP contribution in [0.3, 0.4) is 0 Å². The van der Waals surface area contributed by atoms with Crippen molar-refractivity contribution in [1.29, 1.82) is 0 Å². The first kappa shape index (κ1) is 17.6. The van der Waals surface area contributed by atoms with Crippen LogP contribution in [0.4, 0.5) is 5.69 Å². The summed E-state index contributed by atoms with van der Waals surface area (Å²) in [5, 5.41) is 3.53. The predicted molar refractivity (Wildman–Crippen MR) is 106 cm³/mol. The van der Waals surface area contributed by atoms with E-state index in [9.17, 15) is 4.79 Å². The lowest BCUT2D eigenvalue weighted by molar-refractivity contribution is 0.102. The number of aryl methyl sites for hydroxylation is 2. The van der Waals surface area contributed by atoms with Crippen LogP contribution in [-0.2, 0) is 0 Å². The fraction of sp³-hybridized carbons (Fsp3) is 0.238. The Hall–Kier alpha value is -2.79. The number of halogens is 1. The van der Waals surface area contributed by atoms with Gasteiger partial charge in [0.1, 0.15) is 0 Å². The fourth-order valence-corrected chi connectivity index (χ4v) is 3.11. The van der Waals surface area contributed by atoms with E-state index in [0.29, 0.717) is 22.2 Å². The minimum absolute atomic E-state index is 0.170. The minimum atomic E-state index is -0.170. The Bertz CT molecular complexity index is 1030. The second-order valence-electron chi connectivity index (χ2n) is 6.85. The van der Waals surface area contributed by atoms with Gasteiger partial charge in [-0.2, -0.15) is 0 Å². The number of anilines is 1. The molecule has 3 aromatic rings. The van der Waals surface area contributed by atoms with Gasteiger partial charge in [0.25, 0.3) is 5.91 Å². The van der Waals surface area contributed by atoms with Crippen LogP contribution in [0.15, 0.2) is 42.9 Å². The second-order valence-corrected chi connectivity index (χ2v) is 7.25. The third-order valence-corrected chi connectivity index (χ3v) is 5.10. The smallest absolute Gasteiger partial charge is 0.255 e. The molecule has 0 saturated heterocycles. The van der Waals surface area contributed by atoms with E-state index < -0.39 is 0 Å². The molecule has 5 nitrogen and oxygen atoms in total. The molecule has 0 unspecified atom stereocenters. The van der Waals surface area contributed by atoms with Gasteiger partial charge < -0.3 is 5.32 Å². The Morgan fingerprint density at radius 2 is 1.85 bits per heavy atom. The van der Waals surface area contributed by atoms with Crippen molar-refractivity contribution in [3.63, 3.8) is 0 Å². The molecule has 4 rings (SSSR count). The Morgan fingerprint density at radius 1 is 1.07 bits per heavy atom. The van der Waals surface area contributed by atoms with Crippen molar-refractivity contribution < 1.29 is 4.79 Å². The van der Waals surface area contributed by atoms with E-state index in [0.717, 1.165) is 41.1 Å². The molecule has 0 bridgehead atoms. The molecule has 1 fully saturated rings. The van der Waals surface area contributed by atoms with Crippen molar-refractivity contribution in [1.82, 2.24) is 15.0 Å². The summed E-state index contributed by atoms with van der Waals surface area (Å²) in [4.78, 5) is 25.7. The minimum Gasteiger partial charge on any atom is -0.321 e. The Labute approximate surface area is 162 Å². The summed E-state index contributed by atoms with van der Waals surface area (Å²) < 4.78 is 0. The van der Waals surface area contributed by atoms with Gasteiger partial charge in [0.15, 0.2) is 0 Å². The number of nitrogens with one attached hydrogen (secondary N) is 1. The van der Waals surface area contributed by atoms with Gasteiger partial charge in [0, 0.05) is 46.4 Å². The van der Waals surface area contributed by atoms with Crippen molar-refractivity contribution in [3.8, 4) is 11.1 Å². The summed E-state index contributed by atoms with van der Waals surface area (Å²) >= 11 is 6.21. The number of amides is 1. The summed E-state index contributed by atoms with van der Waals surface area (Å²) in [7, 11) is 0. The molecule has 6 heteroatoms.